The third-order valence-electron chi connectivity index (χ3n) is 10.2. The summed E-state index contributed by atoms with van der Waals surface area (Å²) >= 11 is 0. The molecule has 0 saturated heterocycles. The number of ether oxygens (including phenoxy) is 2. The highest BCUT2D eigenvalue weighted by molar-refractivity contribution is 5.70. The number of hydrogen-bond acceptors (Lipinski definition) is 5. The van der Waals surface area contributed by atoms with Crippen LogP contribution in [0.2, 0.25) is 0 Å². The van der Waals surface area contributed by atoms with Crippen molar-refractivity contribution in [2.45, 2.75) is 258 Å². The molecule has 1 N–H and O–H groups in total. The van der Waals surface area contributed by atoms with Crippen LogP contribution >= 0.6 is 0 Å². The Hall–Kier alpha value is -1.10. The highest BCUT2D eigenvalue weighted by atomic mass is 16.6. The third-order valence-corrected chi connectivity index (χ3v) is 10.2. The van der Waals surface area contributed by atoms with E-state index in [9.17, 15) is 14.7 Å². The third kappa shape index (κ3) is 39.5. The maximum atomic E-state index is 12.2. The molecule has 0 aromatic rings. The van der Waals surface area contributed by atoms with Crippen LogP contribution in [0.1, 0.15) is 251 Å². The fraction of sp³-hybridized carbons (Fsp3) is 0.955. The zero-order valence-electron chi connectivity index (χ0n) is 33.2. The number of hydrogen-bond donors (Lipinski definition) is 1. The Morgan fingerprint density at radius 3 is 0.898 bits per heavy atom. The van der Waals surface area contributed by atoms with Crippen molar-refractivity contribution in [3.8, 4) is 0 Å². The maximum absolute atomic E-state index is 12.2. The van der Waals surface area contributed by atoms with Crippen molar-refractivity contribution in [1.82, 2.24) is 0 Å². The SMILES string of the molecule is CCCCCCCCCCCCCCCCCCCCCCCCCCCCC(=O)OC(CO)COC(=O)CCCCCCCCCCC. The molecule has 0 fully saturated rings. The monoisotopic (exact) mass is 695 g/mol. The molecule has 0 rings (SSSR count). The minimum absolute atomic E-state index is 0.0575. The lowest BCUT2D eigenvalue weighted by molar-refractivity contribution is -0.161. The molecule has 0 spiro atoms. The van der Waals surface area contributed by atoms with E-state index in [1.165, 1.54) is 186 Å². The van der Waals surface area contributed by atoms with Gasteiger partial charge in [0, 0.05) is 12.8 Å². The van der Waals surface area contributed by atoms with E-state index in [1.54, 1.807) is 0 Å². The molecule has 0 aromatic carbocycles. The lowest BCUT2D eigenvalue weighted by atomic mass is 10.0. The van der Waals surface area contributed by atoms with Crippen molar-refractivity contribution >= 4 is 11.9 Å². The quantitative estimate of drug-likeness (QED) is 0.0509. The van der Waals surface area contributed by atoms with Crippen molar-refractivity contribution < 1.29 is 24.2 Å². The molecule has 292 valence electrons. The van der Waals surface area contributed by atoms with Gasteiger partial charge in [-0.1, -0.05) is 226 Å². The van der Waals surface area contributed by atoms with Crippen molar-refractivity contribution in [2.24, 2.45) is 0 Å². The van der Waals surface area contributed by atoms with E-state index < -0.39 is 6.10 Å². The van der Waals surface area contributed by atoms with Gasteiger partial charge in [-0.15, -0.1) is 0 Å². The second-order valence-corrected chi connectivity index (χ2v) is 15.1. The molecule has 1 atom stereocenters. The van der Waals surface area contributed by atoms with E-state index in [4.69, 9.17) is 9.47 Å². The molecule has 0 aliphatic rings. The molecule has 0 amide bonds. The molecule has 0 heterocycles. The average molecular weight is 695 g/mol. The predicted octanol–water partition coefficient (Wildman–Crippen LogP) is 13.9. The summed E-state index contributed by atoms with van der Waals surface area (Å²) in [5.74, 6) is -0.578. The highest BCUT2D eigenvalue weighted by Crippen LogP contribution is 2.17. The summed E-state index contributed by atoms with van der Waals surface area (Å²) in [6.07, 6.45) is 46.3. The van der Waals surface area contributed by atoms with Crippen LogP contribution in [0, 0.1) is 0 Å². The summed E-state index contributed by atoms with van der Waals surface area (Å²) < 4.78 is 10.6. The first-order valence-electron chi connectivity index (χ1n) is 22.1. The molecule has 0 aromatic heterocycles. The fourth-order valence-electron chi connectivity index (χ4n) is 6.79. The lowest BCUT2D eigenvalue weighted by Gasteiger charge is -2.15. The second kappa shape index (κ2) is 41.3. The number of carbonyl (C=O) groups excluding carboxylic acids is 2. The highest BCUT2D eigenvalue weighted by Gasteiger charge is 2.16. The van der Waals surface area contributed by atoms with Gasteiger partial charge in [0.2, 0.25) is 0 Å². The number of carbonyl (C=O) groups is 2. The Bertz CT molecular complexity index is 666. The van der Waals surface area contributed by atoms with E-state index in [2.05, 4.69) is 13.8 Å². The van der Waals surface area contributed by atoms with Gasteiger partial charge >= 0.3 is 11.9 Å². The Morgan fingerprint density at radius 2 is 0.633 bits per heavy atom. The summed E-state index contributed by atoms with van der Waals surface area (Å²) in [5, 5.41) is 9.54. The second-order valence-electron chi connectivity index (χ2n) is 15.1. The molecular weight excluding hydrogens is 608 g/mol. The molecule has 0 aliphatic carbocycles. The smallest absolute Gasteiger partial charge is 0.306 e. The van der Waals surface area contributed by atoms with Gasteiger partial charge in [-0.05, 0) is 12.8 Å². The summed E-state index contributed by atoms with van der Waals surface area (Å²) in [6.45, 7) is 4.15. The lowest BCUT2D eigenvalue weighted by Crippen LogP contribution is -2.28. The molecule has 49 heavy (non-hydrogen) atoms. The van der Waals surface area contributed by atoms with Gasteiger partial charge in [-0.25, -0.2) is 0 Å². The van der Waals surface area contributed by atoms with Crippen LogP contribution in [0.3, 0.4) is 0 Å². The standard InChI is InChI=1S/C44H86O5/c1-3-5-7-9-11-13-14-15-16-17-18-19-20-21-22-23-24-25-26-27-28-29-31-33-35-37-39-44(47)49-42(40-45)41-48-43(46)38-36-34-32-30-12-10-8-6-4-2/h42,45H,3-41H2,1-2H3. The average Bonchev–Trinajstić information content (AvgIpc) is 3.10. The first-order chi connectivity index (χ1) is 24.1. The number of aliphatic hydroxyl groups excluding tert-OH is 1. The van der Waals surface area contributed by atoms with Gasteiger partial charge in [-0.3, -0.25) is 9.59 Å². The number of unbranched alkanes of at least 4 members (excludes halogenated alkanes) is 33. The number of aliphatic hydroxyl groups is 1. The van der Waals surface area contributed by atoms with Gasteiger partial charge in [0.1, 0.15) is 6.61 Å². The summed E-state index contributed by atoms with van der Waals surface area (Å²) in [7, 11) is 0. The van der Waals surface area contributed by atoms with Gasteiger partial charge in [0.25, 0.3) is 0 Å². The zero-order valence-corrected chi connectivity index (χ0v) is 33.2. The van der Waals surface area contributed by atoms with Crippen LogP contribution in [0.15, 0.2) is 0 Å². The Balaban J connectivity index is 3.38. The van der Waals surface area contributed by atoms with E-state index in [0.717, 1.165) is 38.5 Å². The molecule has 0 aliphatic heterocycles. The van der Waals surface area contributed by atoms with Crippen LogP contribution in [0.5, 0.6) is 0 Å². The first-order valence-corrected chi connectivity index (χ1v) is 22.1. The Labute approximate surface area is 306 Å². The normalized spacial score (nSPS) is 12.0. The van der Waals surface area contributed by atoms with Crippen molar-refractivity contribution in [2.75, 3.05) is 13.2 Å². The topological polar surface area (TPSA) is 72.8 Å². The van der Waals surface area contributed by atoms with Gasteiger partial charge in [0.05, 0.1) is 6.61 Å². The molecule has 0 saturated carbocycles. The number of rotatable bonds is 41. The maximum Gasteiger partial charge on any atom is 0.306 e. The minimum atomic E-state index is -0.761. The molecule has 5 nitrogen and oxygen atoms in total. The molecule has 0 radical (unpaired) electrons. The number of esters is 2. The fourth-order valence-corrected chi connectivity index (χ4v) is 6.79. The van der Waals surface area contributed by atoms with Gasteiger partial charge in [-0.2, -0.15) is 0 Å². The van der Waals surface area contributed by atoms with Gasteiger partial charge < -0.3 is 14.6 Å². The van der Waals surface area contributed by atoms with Crippen LogP contribution in [-0.4, -0.2) is 36.4 Å². The largest absolute Gasteiger partial charge is 0.462 e. The van der Waals surface area contributed by atoms with E-state index in [0.29, 0.717) is 12.8 Å². The Kier molecular flexibility index (Phi) is 40.4. The summed E-state index contributed by atoms with van der Waals surface area (Å²) in [4.78, 5) is 24.2. The van der Waals surface area contributed by atoms with Crippen LogP contribution in [0.25, 0.3) is 0 Å². The summed E-state index contributed by atoms with van der Waals surface area (Å²) in [6, 6.07) is 0. The van der Waals surface area contributed by atoms with Crippen molar-refractivity contribution in [3.05, 3.63) is 0 Å². The van der Waals surface area contributed by atoms with Crippen LogP contribution in [-0.2, 0) is 19.1 Å². The summed E-state index contributed by atoms with van der Waals surface area (Å²) in [5.41, 5.74) is 0. The zero-order chi connectivity index (χ0) is 35.7. The first kappa shape index (κ1) is 47.9. The predicted molar refractivity (Wildman–Crippen MR) is 210 cm³/mol. The van der Waals surface area contributed by atoms with E-state index >= 15 is 0 Å². The van der Waals surface area contributed by atoms with E-state index in [-0.39, 0.29) is 25.2 Å². The van der Waals surface area contributed by atoms with E-state index in [1.807, 2.05) is 0 Å². The molecule has 0 bridgehead atoms. The molecular formula is C44H86O5. The van der Waals surface area contributed by atoms with Crippen molar-refractivity contribution in [3.63, 3.8) is 0 Å². The van der Waals surface area contributed by atoms with Crippen LogP contribution in [0.4, 0.5) is 0 Å². The molecule has 1 unspecified atom stereocenters. The molecule has 5 heteroatoms. The van der Waals surface area contributed by atoms with Crippen LogP contribution < -0.4 is 0 Å². The Morgan fingerprint density at radius 1 is 0.388 bits per heavy atom. The van der Waals surface area contributed by atoms with Crippen molar-refractivity contribution in [1.29, 1.82) is 0 Å². The minimum Gasteiger partial charge on any atom is -0.462 e. The van der Waals surface area contributed by atoms with Gasteiger partial charge in [0.15, 0.2) is 6.10 Å².